The number of ether oxygens (including phenoxy) is 1. The number of fused-ring (bicyclic) bond motifs is 1. The van der Waals surface area contributed by atoms with Crippen LogP contribution in [-0.4, -0.2) is 30.2 Å². The van der Waals surface area contributed by atoms with E-state index in [1.165, 1.54) is 0 Å². The van der Waals surface area contributed by atoms with Gasteiger partial charge in [0.25, 0.3) is 0 Å². The molecule has 1 aliphatic rings. The van der Waals surface area contributed by atoms with Crippen molar-refractivity contribution >= 4 is 22.9 Å². The Hall–Kier alpha value is -4.17. The first-order chi connectivity index (χ1) is 16.8. The highest BCUT2D eigenvalue weighted by atomic mass is 16.5. The Kier molecular flexibility index (Phi) is 6.57. The van der Waals surface area contributed by atoms with Gasteiger partial charge in [-0.05, 0) is 26.8 Å². The number of benzene rings is 2. The number of nitrogens with two attached hydrogens (primary N) is 1. The van der Waals surface area contributed by atoms with Crippen molar-refractivity contribution in [1.82, 2.24) is 5.32 Å². The topological polar surface area (TPSA) is 132 Å². The molecule has 0 bridgehead atoms. The third-order valence-electron chi connectivity index (χ3n) is 6.08. The summed E-state index contributed by atoms with van der Waals surface area (Å²) < 4.78 is 11.6. The van der Waals surface area contributed by atoms with E-state index in [2.05, 4.69) is 5.32 Å². The lowest BCUT2D eigenvalue weighted by Gasteiger charge is -2.30. The highest BCUT2D eigenvalue weighted by Crippen LogP contribution is 2.42. The molecule has 2 heterocycles. The molecule has 1 aromatic heterocycles. The molecule has 4 N–H and O–H groups in total. The fourth-order valence-electron chi connectivity index (χ4n) is 4.51. The summed E-state index contributed by atoms with van der Waals surface area (Å²) in [6.45, 7) is 5.10. The molecule has 1 aliphatic heterocycles. The van der Waals surface area contributed by atoms with Crippen LogP contribution in [0.1, 0.15) is 30.9 Å². The minimum absolute atomic E-state index is 0.0184. The molecular formula is C27H26N2O6. The lowest BCUT2D eigenvalue weighted by molar-refractivity contribution is -0.139. The van der Waals surface area contributed by atoms with Crippen LogP contribution >= 0.6 is 0 Å². The van der Waals surface area contributed by atoms with Gasteiger partial charge in [-0.1, -0.05) is 42.5 Å². The van der Waals surface area contributed by atoms with E-state index in [4.69, 9.17) is 14.9 Å². The summed E-state index contributed by atoms with van der Waals surface area (Å²) in [5, 5.41) is 13.4. The number of para-hydroxylation sites is 1. The van der Waals surface area contributed by atoms with Crippen LogP contribution < -0.4 is 16.5 Å². The number of carbonyl (C=O) groups is 2. The number of allylic oxidation sites excluding steroid dienone is 2. The number of carboxylic acid groups (broad SMARTS) is 1. The monoisotopic (exact) mass is 474 g/mol. The van der Waals surface area contributed by atoms with Gasteiger partial charge in [0.1, 0.15) is 18.0 Å². The smallest absolute Gasteiger partial charge is 0.336 e. The maximum absolute atomic E-state index is 13.3. The van der Waals surface area contributed by atoms with Gasteiger partial charge in [0.05, 0.1) is 22.5 Å². The van der Waals surface area contributed by atoms with E-state index < -0.39 is 17.9 Å². The predicted molar refractivity (Wildman–Crippen MR) is 132 cm³/mol. The maximum Gasteiger partial charge on any atom is 0.336 e. The van der Waals surface area contributed by atoms with E-state index >= 15 is 0 Å². The fraction of sp³-hybridized carbons (Fsp3) is 0.222. The molecule has 0 fully saturated rings. The lowest BCUT2D eigenvalue weighted by Crippen LogP contribution is -2.32. The van der Waals surface area contributed by atoms with Crippen molar-refractivity contribution in [3.8, 4) is 11.3 Å². The molecule has 3 aromatic rings. The van der Waals surface area contributed by atoms with Gasteiger partial charge in [0, 0.05) is 34.6 Å². The van der Waals surface area contributed by atoms with Gasteiger partial charge < -0.3 is 25.3 Å². The average molecular weight is 475 g/mol. The van der Waals surface area contributed by atoms with Crippen molar-refractivity contribution in [2.75, 3.05) is 13.2 Å². The summed E-state index contributed by atoms with van der Waals surface area (Å²) in [6, 6.07) is 14.2. The molecule has 0 saturated heterocycles. The zero-order chi connectivity index (χ0) is 25.3. The molecular weight excluding hydrogens is 448 g/mol. The van der Waals surface area contributed by atoms with E-state index in [1.54, 1.807) is 39.0 Å². The van der Waals surface area contributed by atoms with Crippen LogP contribution in [0.4, 0.5) is 0 Å². The lowest BCUT2D eigenvalue weighted by atomic mass is 9.79. The normalized spacial score (nSPS) is 15.8. The quantitative estimate of drug-likeness (QED) is 0.462. The summed E-state index contributed by atoms with van der Waals surface area (Å²) in [5.41, 5.74) is 7.94. The van der Waals surface area contributed by atoms with Gasteiger partial charge in [0.15, 0.2) is 5.43 Å². The number of carbonyl (C=O) groups excluding carboxylic acids is 1. The second-order valence-corrected chi connectivity index (χ2v) is 8.34. The Labute approximate surface area is 201 Å². The van der Waals surface area contributed by atoms with E-state index in [0.29, 0.717) is 39.2 Å². The Bertz CT molecular complexity index is 1450. The number of aliphatic carboxylic acids is 1. The van der Waals surface area contributed by atoms with Crippen LogP contribution in [0.5, 0.6) is 0 Å². The number of hydrogen-bond acceptors (Lipinski definition) is 7. The van der Waals surface area contributed by atoms with Crippen LogP contribution in [0, 0.1) is 6.92 Å². The van der Waals surface area contributed by atoms with Gasteiger partial charge in [-0.3, -0.25) is 4.79 Å². The largest absolute Gasteiger partial charge is 0.478 e. The molecule has 0 amide bonds. The SMILES string of the molecule is CC1=C(C(=O)O)C(c2cccc3c(=O)c(C)c(-c4ccccc4)oc23)C(C(=O)OCCN)=C(C)N1. The molecule has 2 aromatic carbocycles. The van der Waals surface area contributed by atoms with Gasteiger partial charge in [0.2, 0.25) is 0 Å². The van der Waals surface area contributed by atoms with Crippen molar-refractivity contribution in [2.24, 2.45) is 5.73 Å². The first-order valence-electron chi connectivity index (χ1n) is 11.2. The molecule has 35 heavy (non-hydrogen) atoms. The van der Waals surface area contributed by atoms with E-state index in [0.717, 1.165) is 0 Å². The van der Waals surface area contributed by atoms with Crippen LogP contribution in [0.2, 0.25) is 0 Å². The van der Waals surface area contributed by atoms with Crippen molar-refractivity contribution in [3.05, 3.63) is 92.4 Å². The average Bonchev–Trinajstić information content (AvgIpc) is 2.84. The molecule has 180 valence electrons. The van der Waals surface area contributed by atoms with Crippen LogP contribution in [0.3, 0.4) is 0 Å². The molecule has 1 unspecified atom stereocenters. The summed E-state index contributed by atoms with van der Waals surface area (Å²) in [4.78, 5) is 38.8. The summed E-state index contributed by atoms with van der Waals surface area (Å²) >= 11 is 0. The molecule has 0 radical (unpaired) electrons. The van der Waals surface area contributed by atoms with Crippen molar-refractivity contribution < 1.29 is 23.8 Å². The Morgan fingerprint density at radius 1 is 1.03 bits per heavy atom. The maximum atomic E-state index is 13.3. The number of rotatable bonds is 6. The Morgan fingerprint density at radius 3 is 2.37 bits per heavy atom. The van der Waals surface area contributed by atoms with Crippen LogP contribution in [0.25, 0.3) is 22.3 Å². The third kappa shape index (κ3) is 4.24. The standard InChI is InChI=1S/C27H26N2O6/c1-14-23(30)19-11-7-10-18(25(19)35-24(14)17-8-5-4-6-9-17)22-20(26(31)32)15(2)29-16(3)21(22)27(33)34-13-12-28/h4-11,22,29H,12-13,28H2,1-3H3,(H,31,32). The Balaban J connectivity index is 2.04. The van der Waals surface area contributed by atoms with Gasteiger partial charge in [-0.15, -0.1) is 0 Å². The predicted octanol–water partition coefficient (Wildman–Crippen LogP) is 3.59. The molecule has 0 aliphatic carbocycles. The molecule has 1 atom stereocenters. The van der Waals surface area contributed by atoms with Crippen molar-refractivity contribution in [1.29, 1.82) is 0 Å². The number of nitrogens with one attached hydrogen (secondary N) is 1. The summed E-state index contributed by atoms with van der Waals surface area (Å²) in [7, 11) is 0. The van der Waals surface area contributed by atoms with E-state index in [9.17, 15) is 19.5 Å². The fourth-order valence-corrected chi connectivity index (χ4v) is 4.51. The molecule has 0 spiro atoms. The molecule has 8 heteroatoms. The number of dihydropyridines is 1. The minimum atomic E-state index is -1.20. The summed E-state index contributed by atoms with van der Waals surface area (Å²) in [5.74, 6) is -2.54. The first-order valence-corrected chi connectivity index (χ1v) is 11.2. The second-order valence-electron chi connectivity index (χ2n) is 8.34. The van der Waals surface area contributed by atoms with E-state index in [1.807, 2.05) is 30.3 Å². The van der Waals surface area contributed by atoms with Gasteiger partial charge in [-0.2, -0.15) is 0 Å². The second kappa shape index (κ2) is 9.60. The number of esters is 1. The molecule has 4 rings (SSSR count). The summed E-state index contributed by atoms with van der Waals surface area (Å²) in [6.07, 6.45) is 0. The Morgan fingerprint density at radius 2 is 1.71 bits per heavy atom. The van der Waals surface area contributed by atoms with Gasteiger partial charge in [-0.25, -0.2) is 9.59 Å². The minimum Gasteiger partial charge on any atom is -0.478 e. The zero-order valence-corrected chi connectivity index (χ0v) is 19.7. The van der Waals surface area contributed by atoms with Crippen LogP contribution in [0.15, 0.2) is 80.3 Å². The van der Waals surface area contributed by atoms with Crippen molar-refractivity contribution in [2.45, 2.75) is 26.7 Å². The van der Waals surface area contributed by atoms with E-state index in [-0.39, 0.29) is 35.3 Å². The highest BCUT2D eigenvalue weighted by molar-refractivity contribution is 6.01. The molecule has 0 saturated carbocycles. The molecule has 8 nitrogen and oxygen atoms in total. The van der Waals surface area contributed by atoms with Gasteiger partial charge >= 0.3 is 11.9 Å². The zero-order valence-electron chi connectivity index (χ0n) is 19.7. The number of hydrogen-bond donors (Lipinski definition) is 3. The first kappa shape index (κ1) is 24.0. The van der Waals surface area contributed by atoms with Crippen LogP contribution in [-0.2, 0) is 14.3 Å². The number of carboxylic acids is 1. The highest BCUT2D eigenvalue weighted by Gasteiger charge is 2.39. The third-order valence-corrected chi connectivity index (χ3v) is 6.08. The van der Waals surface area contributed by atoms with Crippen molar-refractivity contribution in [3.63, 3.8) is 0 Å².